The zero-order valence-corrected chi connectivity index (χ0v) is 11.5. The third kappa shape index (κ3) is 2.84. The van der Waals surface area contributed by atoms with Crippen molar-refractivity contribution in [1.29, 1.82) is 0 Å². The minimum absolute atomic E-state index is 0.172. The van der Waals surface area contributed by atoms with Gasteiger partial charge in [-0.15, -0.1) is 0 Å². The number of furan rings is 1. The molecule has 0 spiro atoms. The lowest BCUT2D eigenvalue weighted by atomic mass is 10.2. The van der Waals surface area contributed by atoms with Crippen molar-refractivity contribution in [1.82, 2.24) is 20.1 Å². The largest absolute Gasteiger partial charge is 0.463 e. The van der Waals surface area contributed by atoms with Crippen LogP contribution in [0.4, 0.5) is 0 Å². The van der Waals surface area contributed by atoms with E-state index in [1.165, 1.54) is 0 Å². The van der Waals surface area contributed by atoms with Gasteiger partial charge in [0, 0.05) is 19.3 Å². The van der Waals surface area contributed by atoms with Crippen molar-refractivity contribution in [2.45, 2.75) is 6.54 Å². The van der Waals surface area contributed by atoms with Gasteiger partial charge in [-0.1, -0.05) is 6.07 Å². The first-order chi connectivity index (χ1) is 10.2. The van der Waals surface area contributed by atoms with E-state index in [1.807, 2.05) is 18.2 Å². The molecule has 0 saturated carbocycles. The van der Waals surface area contributed by atoms with Crippen molar-refractivity contribution in [2.24, 2.45) is 0 Å². The number of pyridine rings is 1. The molecule has 0 aliphatic rings. The molecular formula is C15H14N4O2. The van der Waals surface area contributed by atoms with E-state index in [2.05, 4.69) is 15.2 Å². The maximum absolute atomic E-state index is 12.3. The topological polar surface area (TPSA) is 75.0 Å². The van der Waals surface area contributed by atoms with Gasteiger partial charge in [0.15, 0.2) is 11.5 Å². The summed E-state index contributed by atoms with van der Waals surface area (Å²) in [5, 5.41) is 6.84. The molecule has 21 heavy (non-hydrogen) atoms. The van der Waals surface area contributed by atoms with Gasteiger partial charge < -0.3 is 9.32 Å². The molecule has 0 unspecified atom stereocenters. The van der Waals surface area contributed by atoms with Crippen LogP contribution in [-0.4, -0.2) is 33.0 Å². The molecule has 0 aliphatic heterocycles. The predicted molar refractivity (Wildman–Crippen MR) is 76.3 cm³/mol. The van der Waals surface area contributed by atoms with Gasteiger partial charge in [-0.25, -0.2) is 0 Å². The Morgan fingerprint density at radius 1 is 1.33 bits per heavy atom. The van der Waals surface area contributed by atoms with Crippen LogP contribution < -0.4 is 0 Å². The van der Waals surface area contributed by atoms with Crippen LogP contribution >= 0.6 is 0 Å². The third-order valence-electron chi connectivity index (χ3n) is 3.06. The Bertz CT molecular complexity index is 719. The van der Waals surface area contributed by atoms with Crippen LogP contribution in [0.3, 0.4) is 0 Å². The second-order valence-electron chi connectivity index (χ2n) is 4.63. The first-order valence-corrected chi connectivity index (χ1v) is 6.48. The van der Waals surface area contributed by atoms with E-state index in [0.717, 1.165) is 5.69 Å². The highest BCUT2D eigenvalue weighted by Gasteiger charge is 2.17. The molecule has 0 bridgehead atoms. The Balaban J connectivity index is 1.73. The predicted octanol–water partition coefficient (Wildman–Crippen LogP) is 2.34. The third-order valence-corrected chi connectivity index (χ3v) is 3.06. The van der Waals surface area contributed by atoms with Crippen molar-refractivity contribution in [3.05, 3.63) is 60.2 Å². The van der Waals surface area contributed by atoms with E-state index in [-0.39, 0.29) is 5.91 Å². The Hall–Kier alpha value is -2.89. The molecule has 3 rings (SSSR count). The molecule has 3 aromatic rings. The summed E-state index contributed by atoms with van der Waals surface area (Å²) in [5.74, 6) is 0.476. The van der Waals surface area contributed by atoms with Gasteiger partial charge in [-0.05, 0) is 24.3 Å². The first kappa shape index (κ1) is 13.1. The van der Waals surface area contributed by atoms with Crippen molar-refractivity contribution < 1.29 is 9.21 Å². The SMILES string of the molecule is CN(Cc1ccccn1)C(=O)c1cc(-c2ccco2)[nH]n1. The fourth-order valence-corrected chi connectivity index (χ4v) is 1.99. The Morgan fingerprint density at radius 3 is 2.95 bits per heavy atom. The number of carbonyl (C=O) groups excluding carboxylic acids is 1. The summed E-state index contributed by atoms with van der Waals surface area (Å²) in [4.78, 5) is 18.1. The maximum Gasteiger partial charge on any atom is 0.274 e. The van der Waals surface area contributed by atoms with Gasteiger partial charge >= 0.3 is 0 Å². The monoisotopic (exact) mass is 282 g/mol. The number of amides is 1. The zero-order chi connectivity index (χ0) is 14.7. The summed E-state index contributed by atoms with van der Waals surface area (Å²) in [5.41, 5.74) is 1.85. The van der Waals surface area contributed by atoms with Gasteiger partial charge in [0.2, 0.25) is 0 Å². The van der Waals surface area contributed by atoms with Crippen molar-refractivity contribution >= 4 is 5.91 Å². The number of rotatable bonds is 4. The lowest BCUT2D eigenvalue weighted by molar-refractivity contribution is 0.0777. The summed E-state index contributed by atoms with van der Waals surface area (Å²) in [6, 6.07) is 10.9. The number of hydrogen-bond donors (Lipinski definition) is 1. The van der Waals surface area contributed by atoms with E-state index in [1.54, 1.807) is 42.6 Å². The standard InChI is InChI=1S/C15H14N4O2/c1-19(10-11-5-2-3-7-16-11)15(20)13-9-12(17-18-13)14-6-4-8-21-14/h2-9H,10H2,1H3,(H,17,18). The van der Waals surface area contributed by atoms with Crippen molar-refractivity contribution in [3.63, 3.8) is 0 Å². The fraction of sp³-hybridized carbons (Fsp3) is 0.133. The highest BCUT2D eigenvalue weighted by Crippen LogP contribution is 2.18. The number of aromatic amines is 1. The van der Waals surface area contributed by atoms with Crippen LogP contribution in [0.1, 0.15) is 16.2 Å². The minimum atomic E-state index is -0.172. The van der Waals surface area contributed by atoms with Crippen molar-refractivity contribution in [2.75, 3.05) is 7.05 Å². The van der Waals surface area contributed by atoms with Crippen LogP contribution in [0.5, 0.6) is 0 Å². The second-order valence-corrected chi connectivity index (χ2v) is 4.63. The normalized spacial score (nSPS) is 10.5. The molecule has 3 aromatic heterocycles. The molecule has 0 saturated heterocycles. The summed E-state index contributed by atoms with van der Waals surface area (Å²) in [6.07, 6.45) is 3.28. The van der Waals surface area contributed by atoms with Crippen LogP contribution in [0, 0.1) is 0 Å². The van der Waals surface area contributed by atoms with E-state index < -0.39 is 0 Å². The van der Waals surface area contributed by atoms with Gasteiger partial charge in [-0.3, -0.25) is 14.9 Å². The summed E-state index contributed by atoms with van der Waals surface area (Å²) < 4.78 is 5.26. The summed E-state index contributed by atoms with van der Waals surface area (Å²) >= 11 is 0. The average molecular weight is 282 g/mol. The zero-order valence-electron chi connectivity index (χ0n) is 11.5. The highest BCUT2D eigenvalue weighted by atomic mass is 16.3. The Kier molecular flexibility index (Phi) is 3.51. The van der Waals surface area contributed by atoms with Crippen molar-refractivity contribution in [3.8, 4) is 11.5 Å². The van der Waals surface area contributed by atoms with Gasteiger partial charge in [0.05, 0.1) is 18.5 Å². The van der Waals surface area contributed by atoms with Crippen LogP contribution in [0.2, 0.25) is 0 Å². The fourth-order valence-electron chi connectivity index (χ4n) is 1.99. The van der Waals surface area contributed by atoms with Gasteiger partial charge in [0.1, 0.15) is 5.69 Å². The smallest absolute Gasteiger partial charge is 0.274 e. The number of hydrogen-bond acceptors (Lipinski definition) is 4. The van der Waals surface area contributed by atoms with Gasteiger partial charge in [-0.2, -0.15) is 5.10 Å². The molecular weight excluding hydrogens is 268 g/mol. The molecule has 0 radical (unpaired) electrons. The molecule has 0 aromatic carbocycles. The number of nitrogens with one attached hydrogen (secondary N) is 1. The van der Waals surface area contributed by atoms with Crippen LogP contribution in [-0.2, 0) is 6.54 Å². The molecule has 6 heteroatoms. The summed E-state index contributed by atoms with van der Waals surface area (Å²) in [6.45, 7) is 0.433. The quantitative estimate of drug-likeness (QED) is 0.797. The molecule has 1 amide bonds. The average Bonchev–Trinajstić information content (AvgIpc) is 3.18. The van der Waals surface area contributed by atoms with Gasteiger partial charge in [0.25, 0.3) is 5.91 Å². The summed E-state index contributed by atoms with van der Waals surface area (Å²) in [7, 11) is 1.72. The molecule has 3 heterocycles. The first-order valence-electron chi connectivity index (χ1n) is 6.48. The van der Waals surface area contributed by atoms with Crippen LogP contribution in [0.15, 0.2) is 53.3 Å². The Morgan fingerprint density at radius 2 is 2.24 bits per heavy atom. The van der Waals surface area contributed by atoms with E-state index in [4.69, 9.17) is 4.42 Å². The lowest BCUT2D eigenvalue weighted by Crippen LogP contribution is -2.26. The van der Waals surface area contributed by atoms with E-state index in [9.17, 15) is 4.79 Å². The molecule has 6 nitrogen and oxygen atoms in total. The molecule has 0 atom stereocenters. The highest BCUT2D eigenvalue weighted by molar-refractivity contribution is 5.93. The second kappa shape index (κ2) is 5.62. The number of nitrogens with zero attached hydrogens (tertiary/aromatic N) is 3. The molecule has 0 fully saturated rings. The molecule has 1 N–H and O–H groups in total. The molecule has 106 valence electrons. The lowest BCUT2D eigenvalue weighted by Gasteiger charge is -2.14. The number of H-pyrrole nitrogens is 1. The maximum atomic E-state index is 12.3. The van der Waals surface area contributed by atoms with E-state index >= 15 is 0 Å². The Labute approximate surface area is 121 Å². The molecule has 0 aliphatic carbocycles. The number of aromatic nitrogens is 3. The van der Waals surface area contributed by atoms with E-state index in [0.29, 0.717) is 23.7 Å². The van der Waals surface area contributed by atoms with Crippen LogP contribution in [0.25, 0.3) is 11.5 Å². The minimum Gasteiger partial charge on any atom is -0.463 e. The number of carbonyl (C=O) groups is 1.